The summed E-state index contributed by atoms with van der Waals surface area (Å²) in [4.78, 5) is 25.5. The van der Waals surface area contributed by atoms with Gasteiger partial charge in [-0.3, -0.25) is 9.59 Å². The van der Waals surface area contributed by atoms with E-state index < -0.39 is 12.1 Å². The largest absolute Gasteiger partial charge is 0.462 e. The van der Waals surface area contributed by atoms with Crippen LogP contribution in [0.25, 0.3) is 12.2 Å². The lowest BCUT2D eigenvalue weighted by Gasteiger charge is -2.45. The number of carbonyl (C=O) groups is 2. The van der Waals surface area contributed by atoms with Crippen molar-refractivity contribution in [2.75, 3.05) is 5.73 Å². The van der Waals surface area contributed by atoms with Crippen LogP contribution in [0.4, 0.5) is 5.69 Å². The Morgan fingerprint density at radius 2 is 1.84 bits per heavy atom. The van der Waals surface area contributed by atoms with Crippen LogP contribution in [0.15, 0.2) is 60.7 Å². The topological polar surface area (TPSA) is 89.6 Å². The van der Waals surface area contributed by atoms with Gasteiger partial charge in [-0.1, -0.05) is 75.4 Å². The van der Waals surface area contributed by atoms with Crippen molar-refractivity contribution in [1.29, 1.82) is 0 Å². The Bertz CT molecular complexity index is 1260. The number of aliphatic hydroxyl groups excluding tert-OH is 1. The summed E-state index contributed by atoms with van der Waals surface area (Å²) in [5.74, 6) is 0.108. The molecule has 0 heterocycles. The zero-order chi connectivity index (χ0) is 27.1. The van der Waals surface area contributed by atoms with E-state index in [9.17, 15) is 14.7 Å². The van der Waals surface area contributed by atoms with Crippen LogP contribution in [0.3, 0.4) is 0 Å². The number of fused-ring (bicyclic) bond motifs is 3. The normalized spacial score (nSPS) is 29.8. The molecule has 0 amide bonds. The number of carbonyl (C=O) groups excluding carboxylic acids is 2. The number of anilines is 1. The molecule has 2 fully saturated rings. The number of esters is 1. The lowest BCUT2D eigenvalue weighted by atomic mass is 9.60. The third kappa shape index (κ3) is 4.73. The minimum absolute atomic E-state index is 0.0419. The number of allylic oxidation sites excluding steroid dienone is 2. The number of rotatable bonds is 8. The summed E-state index contributed by atoms with van der Waals surface area (Å²) < 4.78 is 6.26. The van der Waals surface area contributed by atoms with E-state index in [-0.39, 0.29) is 53.3 Å². The van der Waals surface area contributed by atoms with Gasteiger partial charge in [0.25, 0.3) is 0 Å². The zero-order valence-electron chi connectivity index (χ0n) is 22.6. The second kappa shape index (κ2) is 10.2. The van der Waals surface area contributed by atoms with Gasteiger partial charge in [0.2, 0.25) is 0 Å². The predicted molar refractivity (Wildman–Crippen MR) is 151 cm³/mol. The minimum Gasteiger partial charge on any atom is -0.462 e. The smallest absolute Gasteiger partial charge is 0.308 e. The average molecular weight is 514 g/mol. The highest BCUT2D eigenvalue weighted by Crippen LogP contribution is 2.71. The van der Waals surface area contributed by atoms with E-state index in [4.69, 9.17) is 10.5 Å². The average Bonchev–Trinajstić information content (AvgIpc) is 3.20. The Morgan fingerprint density at radius 1 is 1.11 bits per heavy atom. The first kappa shape index (κ1) is 26.4. The Morgan fingerprint density at radius 3 is 2.61 bits per heavy atom. The highest BCUT2D eigenvalue weighted by molar-refractivity contribution is 5.94. The van der Waals surface area contributed by atoms with Crippen molar-refractivity contribution in [3.8, 4) is 0 Å². The standard InChI is InChI=1S/C33H39NO4/c1-32(2)28-17-18-33(32,3)30(27-10-6-8-22-7-4-5-9-26(22)27)31(28)38-29(37)20-25(36)19-24(35)16-13-21-11-14-23(34)15-12-21/h4-9,11-16,25,27-28,30-31,36H,10,17-20,34H2,1-3H3/b16-13+/t25-,27-,28?,30?,31?,33?/m0/s1. The molecule has 200 valence electrons. The van der Waals surface area contributed by atoms with Crippen molar-refractivity contribution in [2.24, 2.45) is 22.7 Å². The van der Waals surface area contributed by atoms with E-state index in [2.05, 4.69) is 57.2 Å². The van der Waals surface area contributed by atoms with Gasteiger partial charge in [0, 0.05) is 23.9 Å². The molecule has 5 nitrogen and oxygen atoms in total. The van der Waals surface area contributed by atoms with E-state index in [1.807, 2.05) is 12.1 Å². The van der Waals surface area contributed by atoms with Crippen LogP contribution in [0.1, 0.15) is 75.5 Å². The predicted octanol–water partition coefficient (Wildman–Crippen LogP) is 6.18. The first-order valence-corrected chi connectivity index (χ1v) is 13.8. The molecule has 0 saturated heterocycles. The minimum atomic E-state index is -1.08. The summed E-state index contributed by atoms with van der Waals surface area (Å²) >= 11 is 0. The van der Waals surface area contributed by atoms with E-state index >= 15 is 0 Å². The van der Waals surface area contributed by atoms with E-state index in [1.54, 1.807) is 18.2 Å². The Balaban J connectivity index is 1.27. The number of hydrogen-bond donors (Lipinski definition) is 2. The molecule has 38 heavy (non-hydrogen) atoms. The van der Waals surface area contributed by atoms with E-state index in [0.29, 0.717) is 5.69 Å². The molecule has 4 unspecified atom stereocenters. The number of hydrogen-bond acceptors (Lipinski definition) is 5. The Hall–Kier alpha value is -3.18. The maximum atomic E-state index is 13.1. The maximum Gasteiger partial charge on any atom is 0.308 e. The highest BCUT2D eigenvalue weighted by atomic mass is 16.5. The van der Waals surface area contributed by atoms with Gasteiger partial charge in [0.05, 0.1) is 12.5 Å². The Kier molecular flexibility index (Phi) is 7.08. The van der Waals surface area contributed by atoms with Gasteiger partial charge < -0.3 is 15.6 Å². The SMILES string of the molecule is CC1(C)C2CCC1(C)C([C@H]1CC=Cc3ccccc31)C2OC(=O)C[C@@H](O)CC(=O)/C=C/c1ccc(N)cc1. The first-order chi connectivity index (χ1) is 18.1. The summed E-state index contributed by atoms with van der Waals surface area (Å²) in [6, 6.07) is 15.7. The molecular formula is C33H39NO4. The molecule has 3 N–H and O–H groups in total. The molecule has 2 aromatic rings. The summed E-state index contributed by atoms with van der Waals surface area (Å²) in [6.45, 7) is 7.04. The van der Waals surface area contributed by atoms with Gasteiger partial charge in [-0.2, -0.15) is 0 Å². The fourth-order valence-corrected chi connectivity index (χ4v) is 7.54. The van der Waals surface area contributed by atoms with E-state index in [0.717, 1.165) is 24.8 Å². The van der Waals surface area contributed by atoms with Crippen molar-refractivity contribution in [3.05, 3.63) is 77.4 Å². The molecule has 0 aliphatic heterocycles. The van der Waals surface area contributed by atoms with Crippen LogP contribution >= 0.6 is 0 Å². The summed E-state index contributed by atoms with van der Waals surface area (Å²) in [5, 5.41) is 10.5. The molecule has 2 bridgehead atoms. The number of aliphatic hydroxyl groups is 1. The van der Waals surface area contributed by atoms with Gasteiger partial charge >= 0.3 is 5.97 Å². The molecule has 0 aromatic heterocycles. The number of ketones is 1. The highest BCUT2D eigenvalue weighted by Gasteiger charge is 2.68. The van der Waals surface area contributed by atoms with Crippen molar-refractivity contribution < 1.29 is 19.4 Å². The molecule has 6 atom stereocenters. The molecule has 5 heteroatoms. The molecule has 0 spiro atoms. The monoisotopic (exact) mass is 513 g/mol. The number of benzene rings is 2. The third-order valence-corrected chi connectivity index (χ3v) is 9.88. The summed E-state index contributed by atoms with van der Waals surface area (Å²) in [7, 11) is 0. The van der Waals surface area contributed by atoms with Gasteiger partial charge in [-0.25, -0.2) is 0 Å². The van der Waals surface area contributed by atoms with Crippen LogP contribution in [0.2, 0.25) is 0 Å². The number of nitrogens with two attached hydrogens (primary N) is 1. The second-order valence-corrected chi connectivity index (χ2v) is 12.2. The van der Waals surface area contributed by atoms with Crippen LogP contribution in [-0.4, -0.2) is 29.1 Å². The lowest BCUT2D eigenvalue weighted by molar-refractivity contribution is -0.159. The molecule has 2 aromatic carbocycles. The molecule has 3 aliphatic rings. The first-order valence-electron chi connectivity index (χ1n) is 13.8. The van der Waals surface area contributed by atoms with Crippen LogP contribution in [0.5, 0.6) is 0 Å². The van der Waals surface area contributed by atoms with Crippen LogP contribution < -0.4 is 5.73 Å². The van der Waals surface area contributed by atoms with Crippen molar-refractivity contribution in [3.63, 3.8) is 0 Å². The fraction of sp³-hybridized carbons (Fsp3) is 0.455. The number of nitrogen functional groups attached to an aromatic ring is 1. The second-order valence-electron chi connectivity index (χ2n) is 12.2. The Labute approximate surface area is 225 Å². The third-order valence-electron chi connectivity index (χ3n) is 9.88. The van der Waals surface area contributed by atoms with Gasteiger partial charge in [0.15, 0.2) is 5.78 Å². The summed E-state index contributed by atoms with van der Waals surface area (Å²) in [5.41, 5.74) is 9.87. The van der Waals surface area contributed by atoms with Gasteiger partial charge in [-0.15, -0.1) is 0 Å². The zero-order valence-corrected chi connectivity index (χ0v) is 22.6. The van der Waals surface area contributed by atoms with Crippen LogP contribution in [-0.2, 0) is 14.3 Å². The maximum absolute atomic E-state index is 13.1. The van der Waals surface area contributed by atoms with Gasteiger partial charge in [0.1, 0.15) is 6.10 Å². The molecule has 0 radical (unpaired) electrons. The lowest BCUT2D eigenvalue weighted by Crippen LogP contribution is -2.41. The van der Waals surface area contributed by atoms with Gasteiger partial charge in [-0.05, 0) is 70.9 Å². The molecule has 3 aliphatic carbocycles. The molecular weight excluding hydrogens is 474 g/mol. The van der Waals surface area contributed by atoms with Crippen molar-refractivity contribution in [2.45, 2.75) is 71.0 Å². The van der Waals surface area contributed by atoms with Crippen LogP contribution in [0, 0.1) is 22.7 Å². The van der Waals surface area contributed by atoms with E-state index in [1.165, 1.54) is 17.2 Å². The molecule has 5 rings (SSSR count). The van der Waals surface area contributed by atoms with Crippen molar-refractivity contribution in [1.82, 2.24) is 0 Å². The number of ether oxygens (including phenoxy) is 1. The summed E-state index contributed by atoms with van der Waals surface area (Å²) in [6.07, 6.45) is 9.09. The quantitative estimate of drug-likeness (QED) is 0.250. The fourth-order valence-electron chi connectivity index (χ4n) is 7.54. The van der Waals surface area contributed by atoms with Crippen molar-refractivity contribution >= 4 is 29.6 Å². The molecule has 2 saturated carbocycles.